The van der Waals surface area contributed by atoms with Gasteiger partial charge in [-0.25, -0.2) is 8.42 Å². The summed E-state index contributed by atoms with van der Waals surface area (Å²) in [6.07, 6.45) is 1.73. The van der Waals surface area contributed by atoms with E-state index >= 15 is 0 Å². The Morgan fingerprint density at radius 1 is 1.15 bits per heavy atom. The van der Waals surface area contributed by atoms with E-state index in [-0.39, 0.29) is 10.8 Å². The monoisotopic (exact) mass is 389 g/mol. The van der Waals surface area contributed by atoms with Crippen molar-refractivity contribution in [3.05, 3.63) is 47.3 Å². The Labute approximate surface area is 161 Å². The predicted molar refractivity (Wildman–Crippen MR) is 106 cm³/mol. The second-order valence-corrected chi connectivity index (χ2v) is 9.35. The Kier molecular flexibility index (Phi) is 5.44. The molecule has 0 spiro atoms. The molecule has 0 atom stereocenters. The zero-order chi connectivity index (χ0) is 19.8. The third-order valence-corrected chi connectivity index (χ3v) is 7.37. The van der Waals surface area contributed by atoms with E-state index in [2.05, 4.69) is 12.2 Å². The van der Waals surface area contributed by atoms with Crippen molar-refractivity contribution in [1.29, 1.82) is 0 Å². The molecule has 1 saturated heterocycles. The van der Waals surface area contributed by atoms with Crippen LogP contribution in [0.4, 0.5) is 5.69 Å². The summed E-state index contributed by atoms with van der Waals surface area (Å²) >= 11 is 0. The Balaban J connectivity index is 1.88. The Morgan fingerprint density at radius 3 is 2.44 bits per heavy atom. The van der Waals surface area contributed by atoms with Gasteiger partial charge in [0.05, 0.1) is 0 Å². The number of aromatic nitrogens is 1. The van der Waals surface area contributed by atoms with Crippen LogP contribution in [0.5, 0.6) is 0 Å². The van der Waals surface area contributed by atoms with Crippen LogP contribution in [0.3, 0.4) is 0 Å². The summed E-state index contributed by atoms with van der Waals surface area (Å²) in [5.74, 6) is 0.226. The van der Waals surface area contributed by atoms with E-state index in [1.165, 1.54) is 10.4 Å². The van der Waals surface area contributed by atoms with Gasteiger partial charge in [-0.1, -0.05) is 19.1 Å². The van der Waals surface area contributed by atoms with Crippen LogP contribution in [0.15, 0.2) is 35.2 Å². The third-order valence-electron chi connectivity index (χ3n) is 5.36. The first kappa shape index (κ1) is 19.6. The van der Waals surface area contributed by atoms with Gasteiger partial charge in [-0.15, -0.1) is 0 Å². The highest BCUT2D eigenvalue weighted by molar-refractivity contribution is 7.89. The number of carbonyl (C=O) groups excluding carboxylic acids is 1. The van der Waals surface area contributed by atoms with Crippen LogP contribution in [0.2, 0.25) is 0 Å². The number of hydrogen-bond acceptors (Lipinski definition) is 3. The molecule has 27 heavy (non-hydrogen) atoms. The number of anilines is 1. The van der Waals surface area contributed by atoms with Crippen molar-refractivity contribution in [2.24, 2.45) is 13.0 Å². The van der Waals surface area contributed by atoms with Crippen LogP contribution >= 0.6 is 0 Å². The largest absolute Gasteiger partial charge is 0.343 e. The Bertz CT molecular complexity index is 955. The van der Waals surface area contributed by atoms with Gasteiger partial charge in [0, 0.05) is 31.5 Å². The number of aryl methyl sites for hydroxylation is 1. The molecule has 0 radical (unpaired) electrons. The summed E-state index contributed by atoms with van der Waals surface area (Å²) in [7, 11) is -1.88. The molecule has 0 saturated carbocycles. The lowest BCUT2D eigenvalue weighted by molar-refractivity contribution is 0.101. The van der Waals surface area contributed by atoms with Gasteiger partial charge in [0.25, 0.3) is 5.91 Å². The van der Waals surface area contributed by atoms with Gasteiger partial charge >= 0.3 is 0 Å². The van der Waals surface area contributed by atoms with Crippen LogP contribution in [0.1, 0.15) is 41.5 Å². The lowest BCUT2D eigenvalue weighted by Crippen LogP contribution is -2.38. The smallest absolute Gasteiger partial charge is 0.272 e. The molecule has 6 nitrogen and oxygen atoms in total. The number of piperidine rings is 1. The molecular formula is C20H27N3O3S. The molecule has 1 aromatic heterocycles. The molecule has 0 bridgehead atoms. The molecule has 1 aliphatic heterocycles. The van der Waals surface area contributed by atoms with E-state index < -0.39 is 10.0 Å². The molecule has 7 heteroatoms. The van der Waals surface area contributed by atoms with Crippen molar-refractivity contribution in [2.75, 3.05) is 18.4 Å². The molecule has 3 rings (SSSR count). The predicted octanol–water partition coefficient (Wildman–Crippen LogP) is 3.31. The molecule has 2 heterocycles. The summed E-state index contributed by atoms with van der Waals surface area (Å²) < 4.78 is 29.4. The van der Waals surface area contributed by atoms with Gasteiger partial charge in [0.1, 0.15) is 10.6 Å². The highest BCUT2D eigenvalue weighted by Gasteiger charge is 2.32. The zero-order valence-corrected chi connectivity index (χ0v) is 17.1. The first-order valence-corrected chi connectivity index (χ1v) is 10.7. The maximum atomic E-state index is 13.1. The fourth-order valence-corrected chi connectivity index (χ4v) is 5.17. The molecule has 1 fully saturated rings. The SMILES string of the molecule is Cc1cccc(NC(=O)c2cc(S(=O)(=O)N3CCC(C)CC3)c(C)n2C)c1. The highest BCUT2D eigenvalue weighted by atomic mass is 32.2. The maximum absolute atomic E-state index is 13.1. The summed E-state index contributed by atoms with van der Waals surface area (Å²) in [6.45, 7) is 6.89. The van der Waals surface area contributed by atoms with E-state index in [1.807, 2.05) is 31.2 Å². The number of nitrogens with one attached hydrogen (secondary N) is 1. The van der Waals surface area contributed by atoms with E-state index in [0.717, 1.165) is 18.4 Å². The van der Waals surface area contributed by atoms with Crippen LogP contribution in [-0.4, -0.2) is 36.3 Å². The normalized spacial score (nSPS) is 16.4. The highest BCUT2D eigenvalue weighted by Crippen LogP contribution is 2.27. The van der Waals surface area contributed by atoms with Crippen LogP contribution < -0.4 is 5.32 Å². The van der Waals surface area contributed by atoms with Crippen molar-refractivity contribution < 1.29 is 13.2 Å². The van der Waals surface area contributed by atoms with E-state index in [0.29, 0.717) is 36.1 Å². The minimum Gasteiger partial charge on any atom is -0.343 e. The van der Waals surface area contributed by atoms with E-state index in [1.54, 1.807) is 18.5 Å². The molecule has 1 N–H and O–H groups in total. The average Bonchev–Trinajstić information content (AvgIpc) is 2.91. The molecule has 0 aliphatic carbocycles. The van der Waals surface area contributed by atoms with Gasteiger partial charge < -0.3 is 9.88 Å². The lowest BCUT2D eigenvalue weighted by atomic mass is 10.0. The summed E-state index contributed by atoms with van der Waals surface area (Å²) in [4.78, 5) is 12.9. The van der Waals surface area contributed by atoms with E-state index in [4.69, 9.17) is 0 Å². The second-order valence-electron chi connectivity index (χ2n) is 7.45. The van der Waals surface area contributed by atoms with Crippen molar-refractivity contribution in [2.45, 2.75) is 38.5 Å². The van der Waals surface area contributed by atoms with E-state index in [9.17, 15) is 13.2 Å². The quantitative estimate of drug-likeness (QED) is 0.872. The van der Waals surface area contributed by atoms with Crippen molar-refractivity contribution in [1.82, 2.24) is 8.87 Å². The number of hydrogen-bond donors (Lipinski definition) is 1. The Hall–Kier alpha value is -2.12. The number of carbonyl (C=O) groups is 1. The first-order valence-electron chi connectivity index (χ1n) is 9.24. The summed E-state index contributed by atoms with van der Waals surface area (Å²) in [6, 6.07) is 9.00. The second kappa shape index (κ2) is 7.48. The molecular weight excluding hydrogens is 362 g/mol. The number of rotatable bonds is 4. The minimum absolute atomic E-state index is 0.217. The van der Waals surface area contributed by atoms with Crippen molar-refractivity contribution in [3.63, 3.8) is 0 Å². The number of sulfonamides is 1. The number of nitrogens with zero attached hydrogens (tertiary/aromatic N) is 2. The molecule has 1 aromatic carbocycles. The number of amides is 1. The summed E-state index contributed by atoms with van der Waals surface area (Å²) in [5.41, 5.74) is 2.63. The fourth-order valence-electron chi connectivity index (χ4n) is 3.43. The molecule has 0 unspecified atom stereocenters. The van der Waals surface area contributed by atoms with Crippen LogP contribution in [-0.2, 0) is 17.1 Å². The molecule has 1 amide bonds. The summed E-state index contributed by atoms with van der Waals surface area (Å²) in [5, 5.41) is 2.85. The fraction of sp³-hybridized carbons (Fsp3) is 0.450. The van der Waals surface area contributed by atoms with Gasteiger partial charge in [0.2, 0.25) is 10.0 Å². The minimum atomic E-state index is -3.60. The Morgan fingerprint density at radius 2 is 1.81 bits per heavy atom. The average molecular weight is 390 g/mol. The third kappa shape index (κ3) is 3.94. The number of benzene rings is 1. The van der Waals surface area contributed by atoms with Crippen molar-refractivity contribution in [3.8, 4) is 0 Å². The van der Waals surface area contributed by atoms with Gasteiger partial charge in [-0.2, -0.15) is 4.31 Å². The van der Waals surface area contributed by atoms with Gasteiger partial charge in [-0.3, -0.25) is 4.79 Å². The van der Waals surface area contributed by atoms with Crippen LogP contribution in [0.25, 0.3) is 0 Å². The molecule has 2 aromatic rings. The van der Waals surface area contributed by atoms with Gasteiger partial charge in [-0.05, 0) is 56.4 Å². The maximum Gasteiger partial charge on any atom is 0.272 e. The topological polar surface area (TPSA) is 71.4 Å². The molecule has 1 aliphatic rings. The van der Waals surface area contributed by atoms with Crippen LogP contribution in [0, 0.1) is 19.8 Å². The van der Waals surface area contributed by atoms with Crippen molar-refractivity contribution >= 4 is 21.6 Å². The van der Waals surface area contributed by atoms with Gasteiger partial charge in [0.15, 0.2) is 0 Å². The standard InChI is InChI=1S/C20H27N3O3S/c1-14-8-10-23(11-9-14)27(25,26)19-13-18(22(4)16(19)3)20(24)21-17-7-5-6-15(2)12-17/h5-7,12-14H,8-11H2,1-4H3,(H,21,24). The molecule has 146 valence electrons. The zero-order valence-electron chi connectivity index (χ0n) is 16.3. The first-order chi connectivity index (χ1) is 12.7. The lowest BCUT2D eigenvalue weighted by Gasteiger charge is -2.29.